The van der Waals surface area contributed by atoms with Crippen molar-refractivity contribution in [2.24, 2.45) is 0 Å². The quantitative estimate of drug-likeness (QED) is 0.523. The summed E-state index contributed by atoms with van der Waals surface area (Å²) in [5.74, 6) is -0.400. The summed E-state index contributed by atoms with van der Waals surface area (Å²) in [6.07, 6.45) is 0.591. The number of hydrogen-bond donors (Lipinski definition) is 1. The summed E-state index contributed by atoms with van der Waals surface area (Å²) < 4.78 is 6.34. The minimum absolute atomic E-state index is 0.0647. The topological polar surface area (TPSA) is 76.5 Å². The fourth-order valence-electron chi connectivity index (χ4n) is 1.69. The number of hydrogen-bond acceptors (Lipinski definition) is 5. The fraction of sp³-hybridized carbons (Fsp3) is 0.214. The molecule has 0 unspecified atom stereocenters. The molecular formula is C14H13NO4Se. The van der Waals surface area contributed by atoms with Crippen molar-refractivity contribution in [3.05, 3.63) is 33.9 Å². The van der Waals surface area contributed by atoms with E-state index in [0.717, 1.165) is 10.1 Å². The molecule has 0 fully saturated rings. The van der Waals surface area contributed by atoms with Gasteiger partial charge in [0.05, 0.1) is 0 Å². The van der Waals surface area contributed by atoms with Crippen LogP contribution in [0, 0.1) is 6.92 Å². The number of aromatic hydroxyl groups is 1. The van der Waals surface area contributed by atoms with Crippen LogP contribution in [0.1, 0.15) is 32.2 Å². The Balaban J connectivity index is 2.41. The third-order valence-electron chi connectivity index (χ3n) is 2.66. The second-order valence-corrected chi connectivity index (χ2v) is 6.14. The Morgan fingerprint density at radius 1 is 1.50 bits per heavy atom. The van der Waals surface area contributed by atoms with E-state index in [0.29, 0.717) is 23.0 Å². The first kappa shape index (κ1) is 14.5. The number of nitrogens with zero attached hydrogens (tertiary/aromatic N) is 1. The molecule has 1 N–H and O–H groups in total. The van der Waals surface area contributed by atoms with Crippen molar-refractivity contribution >= 4 is 26.8 Å². The molecule has 5 nitrogen and oxygen atoms in total. The predicted molar refractivity (Wildman–Crippen MR) is 74.4 cm³/mol. The van der Waals surface area contributed by atoms with Crippen LogP contribution in [0.25, 0.3) is 10.1 Å². The van der Waals surface area contributed by atoms with Crippen LogP contribution < -0.4 is 0 Å². The van der Waals surface area contributed by atoms with E-state index in [2.05, 4.69) is 4.98 Å². The molecule has 1 aromatic heterocycles. The summed E-state index contributed by atoms with van der Waals surface area (Å²) in [6, 6.07) is 4.71. The molecule has 0 atom stereocenters. The maximum absolute atomic E-state index is 11.8. The molecule has 1 heterocycles. The van der Waals surface area contributed by atoms with Crippen molar-refractivity contribution < 1.29 is 19.4 Å². The molecule has 0 aliphatic heterocycles. The van der Waals surface area contributed by atoms with Gasteiger partial charge in [-0.1, -0.05) is 0 Å². The van der Waals surface area contributed by atoms with Gasteiger partial charge in [-0.2, -0.15) is 0 Å². The number of aromatic nitrogens is 1. The first-order valence-electron chi connectivity index (χ1n) is 6.00. The van der Waals surface area contributed by atoms with Gasteiger partial charge in [0.2, 0.25) is 0 Å². The Labute approximate surface area is 122 Å². The van der Waals surface area contributed by atoms with Crippen LogP contribution in [-0.2, 0) is 4.74 Å². The van der Waals surface area contributed by atoms with Crippen LogP contribution in [0.2, 0.25) is 0 Å². The summed E-state index contributed by atoms with van der Waals surface area (Å²) in [6.45, 7) is 3.85. The molecule has 0 spiro atoms. The van der Waals surface area contributed by atoms with E-state index in [1.54, 1.807) is 26.0 Å². The number of carbonyl (C=O) groups is 2. The number of benzene rings is 1. The van der Waals surface area contributed by atoms with Crippen molar-refractivity contribution in [1.82, 2.24) is 4.98 Å². The van der Waals surface area contributed by atoms with E-state index in [4.69, 9.17) is 4.74 Å². The summed E-state index contributed by atoms with van der Waals surface area (Å²) in [4.78, 5) is 27.0. The van der Waals surface area contributed by atoms with Gasteiger partial charge in [-0.3, -0.25) is 0 Å². The zero-order valence-corrected chi connectivity index (χ0v) is 12.8. The molecule has 2 aromatic rings. The van der Waals surface area contributed by atoms with Crippen molar-refractivity contribution in [3.63, 3.8) is 0 Å². The van der Waals surface area contributed by atoms with Crippen molar-refractivity contribution in [2.45, 2.75) is 13.8 Å². The number of rotatable bonds is 4. The van der Waals surface area contributed by atoms with Crippen LogP contribution >= 0.6 is 0 Å². The summed E-state index contributed by atoms with van der Waals surface area (Å²) in [7, 11) is 0. The number of aryl methyl sites for hydroxylation is 1. The van der Waals surface area contributed by atoms with E-state index < -0.39 is 0 Å². The van der Waals surface area contributed by atoms with Gasteiger partial charge in [0.15, 0.2) is 0 Å². The van der Waals surface area contributed by atoms with Crippen LogP contribution in [0.4, 0.5) is 0 Å². The second-order valence-electron chi connectivity index (χ2n) is 4.05. The van der Waals surface area contributed by atoms with Crippen molar-refractivity contribution in [1.29, 1.82) is 0 Å². The molecule has 0 bridgehead atoms. The zero-order valence-electron chi connectivity index (χ0n) is 11.0. The Kier molecular flexibility index (Phi) is 4.37. The number of phenols is 1. The Morgan fingerprint density at radius 2 is 2.25 bits per heavy atom. The maximum atomic E-state index is 11.8. The van der Waals surface area contributed by atoms with Gasteiger partial charge in [0.1, 0.15) is 0 Å². The average Bonchev–Trinajstić information content (AvgIpc) is 2.82. The van der Waals surface area contributed by atoms with Crippen LogP contribution in [0.15, 0.2) is 18.2 Å². The third-order valence-corrected chi connectivity index (χ3v) is 5.15. The Bertz CT molecular complexity index is 663. The molecule has 2 rings (SSSR count). The number of aldehydes is 1. The van der Waals surface area contributed by atoms with Gasteiger partial charge in [0.25, 0.3) is 0 Å². The molecular weight excluding hydrogens is 325 g/mol. The summed E-state index contributed by atoms with van der Waals surface area (Å²) in [5.41, 5.74) is 1.60. The van der Waals surface area contributed by atoms with Gasteiger partial charge in [0, 0.05) is 0 Å². The van der Waals surface area contributed by atoms with Gasteiger partial charge in [-0.15, -0.1) is 0 Å². The van der Waals surface area contributed by atoms with E-state index >= 15 is 0 Å². The van der Waals surface area contributed by atoms with E-state index in [-0.39, 0.29) is 31.8 Å². The van der Waals surface area contributed by atoms with Crippen LogP contribution in [0.3, 0.4) is 0 Å². The van der Waals surface area contributed by atoms with Gasteiger partial charge >= 0.3 is 121 Å². The molecule has 0 saturated carbocycles. The molecule has 0 aliphatic carbocycles. The summed E-state index contributed by atoms with van der Waals surface area (Å²) in [5, 5.41) is 9.49. The molecule has 104 valence electrons. The second kappa shape index (κ2) is 6.03. The van der Waals surface area contributed by atoms with Gasteiger partial charge in [-0.05, 0) is 0 Å². The number of ether oxygens (including phenoxy) is 1. The van der Waals surface area contributed by atoms with E-state index in [1.165, 1.54) is 6.07 Å². The number of esters is 1. The van der Waals surface area contributed by atoms with E-state index in [9.17, 15) is 14.7 Å². The molecule has 0 saturated heterocycles. The van der Waals surface area contributed by atoms with E-state index in [1.807, 2.05) is 0 Å². The minimum atomic E-state index is -0.335. The molecule has 0 radical (unpaired) electrons. The summed E-state index contributed by atoms with van der Waals surface area (Å²) >= 11 is -0.256. The molecule has 6 heteroatoms. The number of phenolic OH excluding ortho intramolecular Hbond substituents is 1. The van der Waals surface area contributed by atoms with Crippen LogP contribution in [-0.4, -0.2) is 43.5 Å². The Morgan fingerprint density at radius 3 is 2.90 bits per heavy atom. The van der Waals surface area contributed by atoms with Crippen LogP contribution in [0.5, 0.6) is 5.75 Å². The molecule has 20 heavy (non-hydrogen) atoms. The molecule has 0 amide bonds. The normalized spacial score (nSPS) is 10.3. The van der Waals surface area contributed by atoms with Crippen molar-refractivity contribution in [3.8, 4) is 15.9 Å². The average molecular weight is 338 g/mol. The SMILES string of the molecule is CCOC(=O)c1[se]c(-c2ccc(O)c(C=O)c2)nc1C. The molecule has 1 aromatic carbocycles. The molecule has 0 aliphatic rings. The predicted octanol–water partition coefficient (Wildman–Crippen LogP) is 1.81. The monoisotopic (exact) mass is 339 g/mol. The third kappa shape index (κ3) is 2.81. The Hall–Kier alpha value is -1.91. The zero-order chi connectivity index (χ0) is 14.7. The van der Waals surface area contributed by atoms with Gasteiger partial charge in [-0.25, -0.2) is 0 Å². The van der Waals surface area contributed by atoms with Crippen molar-refractivity contribution in [2.75, 3.05) is 6.61 Å². The fourth-order valence-corrected chi connectivity index (χ4v) is 3.69. The standard InChI is InChI=1S/C14H13NO4Se/c1-3-19-14(18)12-8(2)15-13(20-12)9-4-5-11(17)10(6-9)7-16/h4-7,17H,3H2,1-2H3. The van der Waals surface area contributed by atoms with Gasteiger partial charge < -0.3 is 0 Å². The first-order chi connectivity index (χ1) is 9.56. The first-order valence-corrected chi connectivity index (χ1v) is 7.71. The number of carbonyl (C=O) groups excluding carboxylic acids is 2.